The molecule has 17 heavy (non-hydrogen) atoms. The zero-order valence-electron chi connectivity index (χ0n) is 9.65. The fraction of sp³-hybridized carbons (Fsp3) is 0.333. The highest BCUT2D eigenvalue weighted by Gasteiger charge is 2.12. The molecule has 0 aliphatic rings. The molecule has 1 heterocycles. The Morgan fingerprint density at radius 2 is 2.47 bits per heavy atom. The van der Waals surface area contributed by atoms with E-state index in [2.05, 4.69) is 16.9 Å². The van der Waals surface area contributed by atoms with Gasteiger partial charge in [0, 0.05) is 0 Å². The summed E-state index contributed by atoms with van der Waals surface area (Å²) in [6, 6.07) is 3.30. The van der Waals surface area contributed by atoms with Gasteiger partial charge in [0.05, 0.1) is 18.5 Å². The first-order chi connectivity index (χ1) is 8.13. The molecule has 0 saturated carbocycles. The van der Waals surface area contributed by atoms with E-state index >= 15 is 0 Å². The number of pyridine rings is 1. The van der Waals surface area contributed by atoms with Crippen LogP contribution in [0.3, 0.4) is 0 Å². The molecule has 0 aromatic carbocycles. The molecule has 4 nitrogen and oxygen atoms in total. The number of anilines is 1. The maximum atomic E-state index is 11.7. The van der Waals surface area contributed by atoms with Crippen molar-refractivity contribution < 1.29 is 9.53 Å². The van der Waals surface area contributed by atoms with Crippen LogP contribution in [0.25, 0.3) is 0 Å². The monoisotopic (exact) mass is 254 g/mol. The minimum atomic E-state index is -0.509. The molecule has 0 aliphatic heterocycles. The lowest BCUT2D eigenvalue weighted by molar-refractivity contribution is -0.126. The van der Waals surface area contributed by atoms with Crippen molar-refractivity contribution in [3.05, 3.63) is 36.1 Å². The van der Waals surface area contributed by atoms with Crippen LogP contribution in [0.2, 0.25) is 5.15 Å². The lowest BCUT2D eigenvalue weighted by Crippen LogP contribution is -2.28. The SMILES string of the molecule is C=CCCOC(C)C(=O)Nc1ccc(Cl)nc1. The maximum Gasteiger partial charge on any atom is 0.253 e. The van der Waals surface area contributed by atoms with Crippen LogP contribution in [0.5, 0.6) is 0 Å². The number of nitrogens with one attached hydrogen (secondary N) is 1. The second-order valence-electron chi connectivity index (χ2n) is 3.45. The van der Waals surface area contributed by atoms with Gasteiger partial charge in [-0.3, -0.25) is 4.79 Å². The summed E-state index contributed by atoms with van der Waals surface area (Å²) >= 11 is 5.64. The Morgan fingerprint density at radius 3 is 3.06 bits per heavy atom. The molecule has 0 bridgehead atoms. The molecule has 5 heteroatoms. The van der Waals surface area contributed by atoms with Gasteiger partial charge in [0.15, 0.2) is 0 Å². The number of hydrogen-bond donors (Lipinski definition) is 1. The predicted molar refractivity (Wildman–Crippen MR) is 68.1 cm³/mol. The Labute approximate surface area is 106 Å². The number of hydrogen-bond acceptors (Lipinski definition) is 3. The molecule has 1 N–H and O–H groups in total. The van der Waals surface area contributed by atoms with Crippen molar-refractivity contribution in [1.29, 1.82) is 0 Å². The molecule has 1 rings (SSSR count). The molecule has 1 aromatic heterocycles. The maximum absolute atomic E-state index is 11.7. The number of carbonyl (C=O) groups is 1. The van der Waals surface area contributed by atoms with E-state index in [9.17, 15) is 4.79 Å². The molecule has 0 spiro atoms. The number of carbonyl (C=O) groups excluding carboxylic acids is 1. The summed E-state index contributed by atoms with van der Waals surface area (Å²) in [5.74, 6) is -0.210. The molecule has 0 aliphatic carbocycles. The number of halogens is 1. The van der Waals surface area contributed by atoms with Crippen LogP contribution in [-0.2, 0) is 9.53 Å². The molecular formula is C12H15ClN2O2. The largest absolute Gasteiger partial charge is 0.368 e. The molecule has 92 valence electrons. The van der Waals surface area contributed by atoms with Gasteiger partial charge in [-0.25, -0.2) is 4.98 Å². The van der Waals surface area contributed by atoms with Gasteiger partial charge in [0.2, 0.25) is 0 Å². The van der Waals surface area contributed by atoms with Gasteiger partial charge in [0.1, 0.15) is 11.3 Å². The van der Waals surface area contributed by atoms with Gasteiger partial charge in [-0.1, -0.05) is 17.7 Å². The van der Waals surface area contributed by atoms with E-state index in [0.29, 0.717) is 17.4 Å². The third kappa shape index (κ3) is 4.97. The fourth-order valence-corrected chi connectivity index (χ4v) is 1.21. The van der Waals surface area contributed by atoms with E-state index < -0.39 is 6.10 Å². The molecule has 0 saturated heterocycles. The third-order valence-corrected chi connectivity index (χ3v) is 2.28. The second kappa shape index (κ2) is 7.04. The Kier molecular flexibility index (Phi) is 5.66. The van der Waals surface area contributed by atoms with Gasteiger partial charge in [-0.05, 0) is 25.5 Å². The fourth-order valence-electron chi connectivity index (χ4n) is 1.10. The van der Waals surface area contributed by atoms with Crippen molar-refractivity contribution in [1.82, 2.24) is 4.98 Å². The van der Waals surface area contributed by atoms with Crippen LogP contribution in [-0.4, -0.2) is 23.6 Å². The average molecular weight is 255 g/mol. The van der Waals surface area contributed by atoms with Crippen molar-refractivity contribution in [2.45, 2.75) is 19.4 Å². The molecule has 1 aromatic rings. The van der Waals surface area contributed by atoms with Crippen molar-refractivity contribution in [2.24, 2.45) is 0 Å². The second-order valence-corrected chi connectivity index (χ2v) is 3.84. The van der Waals surface area contributed by atoms with E-state index in [1.807, 2.05) is 0 Å². The van der Waals surface area contributed by atoms with Crippen molar-refractivity contribution >= 4 is 23.2 Å². The summed E-state index contributed by atoms with van der Waals surface area (Å²) < 4.78 is 5.31. The zero-order chi connectivity index (χ0) is 12.7. The van der Waals surface area contributed by atoms with Crippen LogP contribution in [0.4, 0.5) is 5.69 Å². The number of amides is 1. The quantitative estimate of drug-likeness (QED) is 0.482. The molecule has 0 radical (unpaired) electrons. The normalized spacial score (nSPS) is 11.9. The summed E-state index contributed by atoms with van der Waals surface area (Å²) in [6.07, 6.45) is 3.45. The summed E-state index contributed by atoms with van der Waals surface area (Å²) in [5.41, 5.74) is 0.596. The lowest BCUT2D eigenvalue weighted by Gasteiger charge is -2.12. The predicted octanol–water partition coefficient (Wildman–Crippen LogP) is 2.65. The Balaban J connectivity index is 2.42. The minimum absolute atomic E-state index is 0.210. The van der Waals surface area contributed by atoms with Crippen LogP contribution >= 0.6 is 11.6 Å². The molecule has 1 unspecified atom stereocenters. The van der Waals surface area contributed by atoms with Gasteiger partial charge in [-0.15, -0.1) is 6.58 Å². The molecule has 0 fully saturated rings. The van der Waals surface area contributed by atoms with Crippen LogP contribution < -0.4 is 5.32 Å². The first-order valence-electron chi connectivity index (χ1n) is 5.28. The number of ether oxygens (including phenoxy) is 1. The van der Waals surface area contributed by atoms with E-state index in [0.717, 1.165) is 6.42 Å². The average Bonchev–Trinajstić information content (AvgIpc) is 2.32. The summed E-state index contributed by atoms with van der Waals surface area (Å²) in [5, 5.41) is 3.07. The van der Waals surface area contributed by atoms with E-state index in [1.54, 1.807) is 25.1 Å². The van der Waals surface area contributed by atoms with E-state index in [1.165, 1.54) is 6.20 Å². The highest BCUT2D eigenvalue weighted by atomic mass is 35.5. The Hall–Kier alpha value is -1.39. The number of nitrogens with zero attached hydrogens (tertiary/aromatic N) is 1. The minimum Gasteiger partial charge on any atom is -0.368 e. The van der Waals surface area contributed by atoms with Crippen molar-refractivity contribution in [3.8, 4) is 0 Å². The lowest BCUT2D eigenvalue weighted by atomic mass is 10.3. The van der Waals surface area contributed by atoms with Gasteiger partial charge < -0.3 is 10.1 Å². The highest BCUT2D eigenvalue weighted by molar-refractivity contribution is 6.29. The van der Waals surface area contributed by atoms with E-state index in [4.69, 9.17) is 16.3 Å². The topological polar surface area (TPSA) is 51.2 Å². The molecule has 1 atom stereocenters. The van der Waals surface area contributed by atoms with Crippen molar-refractivity contribution in [2.75, 3.05) is 11.9 Å². The number of rotatable bonds is 6. The van der Waals surface area contributed by atoms with Crippen LogP contribution in [0, 0.1) is 0 Å². The first kappa shape index (κ1) is 13.7. The molecule has 1 amide bonds. The van der Waals surface area contributed by atoms with Crippen molar-refractivity contribution in [3.63, 3.8) is 0 Å². The van der Waals surface area contributed by atoms with Gasteiger partial charge in [-0.2, -0.15) is 0 Å². The molecular weight excluding hydrogens is 240 g/mol. The third-order valence-electron chi connectivity index (χ3n) is 2.05. The van der Waals surface area contributed by atoms with Crippen LogP contribution in [0.15, 0.2) is 31.0 Å². The standard InChI is InChI=1S/C12H15ClN2O2/c1-3-4-7-17-9(2)12(16)15-10-5-6-11(13)14-8-10/h3,5-6,8-9H,1,4,7H2,2H3,(H,15,16). The summed E-state index contributed by atoms with van der Waals surface area (Å²) in [7, 11) is 0. The van der Waals surface area contributed by atoms with Crippen LogP contribution in [0.1, 0.15) is 13.3 Å². The summed E-state index contributed by atoms with van der Waals surface area (Å²) in [4.78, 5) is 15.5. The zero-order valence-corrected chi connectivity index (χ0v) is 10.4. The highest BCUT2D eigenvalue weighted by Crippen LogP contribution is 2.10. The Morgan fingerprint density at radius 1 is 1.71 bits per heavy atom. The van der Waals surface area contributed by atoms with Gasteiger partial charge >= 0.3 is 0 Å². The number of aromatic nitrogens is 1. The smallest absolute Gasteiger partial charge is 0.253 e. The van der Waals surface area contributed by atoms with Gasteiger partial charge in [0.25, 0.3) is 5.91 Å². The van der Waals surface area contributed by atoms with E-state index in [-0.39, 0.29) is 5.91 Å². The first-order valence-corrected chi connectivity index (χ1v) is 5.66. The Bertz CT molecular complexity index is 379. The summed E-state index contributed by atoms with van der Waals surface area (Å²) in [6.45, 7) is 5.76.